The van der Waals surface area contributed by atoms with E-state index >= 15 is 0 Å². The normalized spacial score (nSPS) is 13.0. The quantitative estimate of drug-likeness (QED) is 0.533. The Labute approximate surface area is 81.8 Å². The number of hydrogen-bond acceptors (Lipinski definition) is 3. The second kappa shape index (κ2) is 3.95. The van der Waals surface area contributed by atoms with E-state index in [-0.39, 0.29) is 6.16 Å². The van der Waals surface area contributed by atoms with Crippen LogP contribution in [0, 0.1) is 0 Å². The van der Waals surface area contributed by atoms with Gasteiger partial charge in [-0.1, -0.05) is 0 Å². The van der Waals surface area contributed by atoms with Crippen LogP contribution in [-0.4, -0.2) is 9.79 Å². The predicted octanol–water partition coefficient (Wildman–Crippen LogP) is 2.25. The summed E-state index contributed by atoms with van der Waals surface area (Å²) in [5.41, 5.74) is 0.839. The van der Waals surface area contributed by atoms with Crippen LogP contribution in [0.2, 0.25) is 5.02 Å². The second-order valence-electron chi connectivity index (χ2n) is 2.58. The van der Waals surface area contributed by atoms with Crippen LogP contribution in [0.1, 0.15) is 5.56 Å². The summed E-state index contributed by atoms with van der Waals surface area (Å²) in [6.07, 6.45) is 0.216. The summed E-state index contributed by atoms with van der Waals surface area (Å²) in [5, 5.41) is 0.640. The third kappa shape index (κ3) is 3.74. The Morgan fingerprint density at radius 2 is 1.75 bits per heavy atom. The molecule has 0 saturated carbocycles. The van der Waals surface area contributed by atoms with Gasteiger partial charge in [-0.2, -0.15) is 0 Å². The van der Waals surface area contributed by atoms with Crippen molar-refractivity contribution >= 4 is 30.8 Å². The molecule has 0 saturated heterocycles. The standard InChI is InChI=1S/C7H10ClO2PS/c8-7-3-1-6(2-4-7)5-11(9,10)12/h1-4,9-12H,5H2. The van der Waals surface area contributed by atoms with Gasteiger partial charge in [0.25, 0.3) is 0 Å². The SMILES string of the molecule is O[PH](O)(S)Cc1ccc(Cl)cc1. The van der Waals surface area contributed by atoms with Crippen molar-refractivity contribution in [1.82, 2.24) is 0 Å². The van der Waals surface area contributed by atoms with Crippen LogP contribution < -0.4 is 0 Å². The molecule has 2 N–H and O–H groups in total. The van der Waals surface area contributed by atoms with Crippen molar-refractivity contribution in [3.8, 4) is 0 Å². The van der Waals surface area contributed by atoms with Crippen molar-refractivity contribution in [2.75, 3.05) is 0 Å². The van der Waals surface area contributed by atoms with Crippen molar-refractivity contribution in [1.29, 1.82) is 0 Å². The van der Waals surface area contributed by atoms with Gasteiger partial charge in [0, 0.05) is 0 Å². The molecule has 5 heteroatoms. The van der Waals surface area contributed by atoms with Crippen LogP contribution in [0.15, 0.2) is 24.3 Å². The Hall–Kier alpha value is 0.210. The maximum atomic E-state index is 9.07. The molecule has 0 aliphatic rings. The molecule has 0 heterocycles. The molecule has 0 aromatic heterocycles. The molecule has 1 aromatic rings. The first-order valence-electron chi connectivity index (χ1n) is 3.39. The van der Waals surface area contributed by atoms with Crippen LogP contribution in [0.5, 0.6) is 0 Å². The van der Waals surface area contributed by atoms with Gasteiger partial charge in [0.15, 0.2) is 0 Å². The molecular weight excluding hydrogens is 215 g/mol. The molecule has 0 fully saturated rings. The third-order valence-corrected chi connectivity index (χ3v) is 2.96. The van der Waals surface area contributed by atoms with Crippen molar-refractivity contribution in [3.05, 3.63) is 34.9 Å². The van der Waals surface area contributed by atoms with Crippen LogP contribution in [0.25, 0.3) is 0 Å². The molecule has 68 valence electrons. The molecule has 0 spiro atoms. The number of halogens is 1. The molecule has 0 unspecified atom stereocenters. The van der Waals surface area contributed by atoms with Gasteiger partial charge in [-0.25, -0.2) is 0 Å². The number of benzene rings is 1. The Balaban J connectivity index is 2.71. The van der Waals surface area contributed by atoms with Gasteiger partial charge in [0.1, 0.15) is 0 Å². The Morgan fingerprint density at radius 3 is 2.17 bits per heavy atom. The van der Waals surface area contributed by atoms with Crippen LogP contribution in [0.4, 0.5) is 0 Å². The summed E-state index contributed by atoms with van der Waals surface area (Å²) in [6.45, 7) is -3.26. The summed E-state index contributed by atoms with van der Waals surface area (Å²) in [6, 6.07) is 6.94. The molecule has 1 rings (SSSR count). The van der Waals surface area contributed by atoms with E-state index in [1.165, 1.54) is 0 Å². The van der Waals surface area contributed by atoms with Crippen molar-refractivity contribution in [2.24, 2.45) is 0 Å². The first-order valence-corrected chi connectivity index (χ1v) is 7.16. The van der Waals surface area contributed by atoms with E-state index in [1.54, 1.807) is 24.3 Å². The Morgan fingerprint density at radius 1 is 1.25 bits per heavy atom. The predicted molar refractivity (Wildman–Crippen MR) is 56.9 cm³/mol. The average Bonchev–Trinajstić information content (AvgIpc) is 1.91. The molecule has 0 amide bonds. The van der Waals surface area contributed by atoms with Gasteiger partial charge in [-0.15, -0.1) is 0 Å². The first kappa shape index (κ1) is 10.3. The third-order valence-electron chi connectivity index (χ3n) is 1.35. The summed E-state index contributed by atoms with van der Waals surface area (Å²) < 4.78 is 0. The van der Waals surface area contributed by atoms with E-state index in [0.717, 1.165) is 5.56 Å². The van der Waals surface area contributed by atoms with Gasteiger partial charge in [-0.3, -0.25) is 0 Å². The molecule has 0 atom stereocenters. The topological polar surface area (TPSA) is 40.5 Å². The number of thiol groups is 1. The zero-order valence-electron chi connectivity index (χ0n) is 6.24. The fourth-order valence-electron chi connectivity index (χ4n) is 0.876. The van der Waals surface area contributed by atoms with Gasteiger partial charge < -0.3 is 0 Å². The fourth-order valence-corrected chi connectivity index (χ4v) is 2.33. The minimum atomic E-state index is -3.26. The summed E-state index contributed by atoms with van der Waals surface area (Å²) in [7, 11) is 0. The van der Waals surface area contributed by atoms with Gasteiger partial charge >= 0.3 is 81.6 Å². The van der Waals surface area contributed by atoms with Crippen molar-refractivity contribution in [2.45, 2.75) is 6.16 Å². The molecule has 2 nitrogen and oxygen atoms in total. The number of rotatable bonds is 2. The van der Waals surface area contributed by atoms with E-state index in [9.17, 15) is 0 Å². The molecular formula is C7H10ClO2PS. The zero-order chi connectivity index (χ0) is 9.19. The second-order valence-corrected chi connectivity index (χ2v) is 7.06. The summed E-state index contributed by atoms with van der Waals surface area (Å²) >= 11 is 9.36. The molecule has 1 aromatic carbocycles. The van der Waals surface area contributed by atoms with Crippen LogP contribution in [-0.2, 0) is 6.16 Å². The van der Waals surface area contributed by atoms with E-state index in [1.807, 2.05) is 0 Å². The molecule has 12 heavy (non-hydrogen) atoms. The Kier molecular flexibility index (Phi) is 3.38. The molecule has 0 aliphatic carbocycles. The fraction of sp³-hybridized carbons (Fsp3) is 0.143. The van der Waals surface area contributed by atoms with Crippen molar-refractivity contribution in [3.63, 3.8) is 0 Å². The van der Waals surface area contributed by atoms with Gasteiger partial charge in [-0.05, 0) is 0 Å². The monoisotopic (exact) mass is 224 g/mol. The maximum absolute atomic E-state index is 9.07. The summed E-state index contributed by atoms with van der Waals surface area (Å²) in [4.78, 5) is 18.1. The molecule has 0 radical (unpaired) electrons. The first-order chi connectivity index (χ1) is 5.47. The minimum absolute atomic E-state index is 0.216. The summed E-state index contributed by atoms with van der Waals surface area (Å²) in [5.74, 6) is 0. The molecule has 0 aliphatic heterocycles. The van der Waals surface area contributed by atoms with Gasteiger partial charge in [0.05, 0.1) is 0 Å². The zero-order valence-corrected chi connectivity index (χ0v) is 8.89. The average molecular weight is 225 g/mol. The van der Waals surface area contributed by atoms with Crippen LogP contribution in [0.3, 0.4) is 0 Å². The van der Waals surface area contributed by atoms with E-state index in [4.69, 9.17) is 21.4 Å². The van der Waals surface area contributed by atoms with Crippen molar-refractivity contribution < 1.29 is 9.79 Å². The number of hydrogen-bond donors (Lipinski definition) is 3. The van der Waals surface area contributed by atoms with Crippen LogP contribution >= 0.6 is 30.8 Å². The van der Waals surface area contributed by atoms with E-state index in [2.05, 4.69) is 12.2 Å². The van der Waals surface area contributed by atoms with Gasteiger partial charge in [0.2, 0.25) is 0 Å². The molecule has 0 bridgehead atoms. The van der Waals surface area contributed by atoms with E-state index < -0.39 is 6.92 Å². The Bertz CT molecular complexity index is 257. The van der Waals surface area contributed by atoms with E-state index in [0.29, 0.717) is 5.02 Å².